The van der Waals surface area contributed by atoms with Crippen LogP contribution in [0.2, 0.25) is 0 Å². The SMILES string of the molecule is COC(=O)c1ccc(NC(=O)CCCc2c[nH]c3ccccc23)cc1. The highest BCUT2D eigenvalue weighted by atomic mass is 16.5. The Balaban J connectivity index is 1.50. The van der Waals surface area contributed by atoms with Gasteiger partial charge in [0.2, 0.25) is 5.91 Å². The maximum atomic E-state index is 12.1. The molecule has 0 saturated heterocycles. The topological polar surface area (TPSA) is 71.2 Å². The standard InChI is InChI=1S/C20H20N2O3/c1-25-20(24)14-9-11-16(12-10-14)22-19(23)8-4-5-15-13-21-18-7-3-2-6-17(15)18/h2-3,6-7,9-13,21H,4-5,8H2,1H3,(H,22,23). The number of methoxy groups -OCH3 is 1. The molecular formula is C20H20N2O3. The monoisotopic (exact) mass is 336 g/mol. The molecule has 0 aliphatic heterocycles. The lowest BCUT2D eigenvalue weighted by Gasteiger charge is -2.06. The number of benzene rings is 2. The fourth-order valence-corrected chi connectivity index (χ4v) is 2.81. The van der Waals surface area contributed by atoms with Crippen LogP contribution in [0.1, 0.15) is 28.8 Å². The molecule has 0 aliphatic carbocycles. The molecule has 1 aromatic heterocycles. The number of carbonyl (C=O) groups excluding carboxylic acids is 2. The second-order valence-electron chi connectivity index (χ2n) is 5.83. The van der Waals surface area contributed by atoms with E-state index in [2.05, 4.69) is 21.1 Å². The van der Waals surface area contributed by atoms with Crippen molar-refractivity contribution < 1.29 is 14.3 Å². The van der Waals surface area contributed by atoms with Crippen molar-refractivity contribution in [3.8, 4) is 0 Å². The molecule has 0 radical (unpaired) electrons. The second-order valence-corrected chi connectivity index (χ2v) is 5.83. The van der Waals surface area contributed by atoms with Crippen LogP contribution in [0.3, 0.4) is 0 Å². The van der Waals surface area contributed by atoms with E-state index >= 15 is 0 Å². The van der Waals surface area contributed by atoms with Gasteiger partial charge in [-0.05, 0) is 48.7 Å². The van der Waals surface area contributed by atoms with Gasteiger partial charge in [-0.3, -0.25) is 4.79 Å². The Labute approximate surface area is 146 Å². The molecule has 5 heteroatoms. The molecule has 5 nitrogen and oxygen atoms in total. The summed E-state index contributed by atoms with van der Waals surface area (Å²) in [5.74, 6) is -0.428. The van der Waals surface area contributed by atoms with Crippen LogP contribution in [-0.4, -0.2) is 24.0 Å². The molecule has 2 aromatic carbocycles. The Morgan fingerprint density at radius 1 is 1.08 bits per heavy atom. The van der Waals surface area contributed by atoms with E-state index in [4.69, 9.17) is 0 Å². The molecule has 0 aliphatic rings. The van der Waals surface area contributed by atoms with Crippen LogP contribution in [0.4, 0.5) is 5.69 Å². The molecule has 3 aromatic rings. The van der Waals surface area contributed by atoms with Crippen molar-refractivity contribution in [2.45, 2.75) is 19.3 Å². The number of rotatable bonds is 6. The molecule has 1 amide bonds. The first-order chi connectivity index (χ1) is 12.2. The molecule has 0 saturated carbocycles. The number of fused-ring (bicyclic) bond motifs is 1. The first-order valence-corrected chi connectivity index (χ1v) is 8.20. The first-order valence-electron chi connectivity index (χ1n) is 8.20. The van der Waals surface area contributed by atoms with Gasteiger partial charge in [-0.1, -0.05) is 18.2 Å². The quantitative estimate of drug-likeness (QED) is 0.670. The Morgan fingerprint density at radius 2 is 1.84 bits per heavy atom. The van der Waals surface area contributed by atoms with E-state index in [0.29, 0.717) is 17.7 Å². The Morgan fingerprint density at radius 3 is 2.60 bits per heavy atom. The summed E-state index contributed by atoms with van der Waals surface area (Å²) < 4.78 is 4.65. The third kappa shape index (κ3) is 4.07. The maximum absolute atomic E-state index is 12.1. The van der Waals surface area contributed by atoms with Crippen molar-refractivity contribution >= 4 is 28.5 Å². The third-order valence-corrected chi connectivity index (χ3v) is 4.11. The summed E-state index contributed by atoms with van der Waals surface area (Å²) in [6.45, 7) is 0. The summed E-state index contributed by atoms with van der Waals surface area (Å²) in [7, 11) is 1.34. The number of H-pyrrole nitrogens is 1. The number of amides is 1. The number of ether oxygens (including phenoxy) is 1. The fourth-order valence-electron chi connectivity index (χ4n) is 2.81. The Kier molecular flexibility index (Phi) is 5.14. The number of hydrogen-bond donors (Lipinski definition) is 2. The van der Waals surface area contributed by atoms with E-state index in [1.54, 1.807) is 24.3 Å². The Hall–Kier alpha value is -3.08. The molecule has 3 rings (SSSR count). The summed E-state index contributed by atoms with van der Waals surface area (Å²) in [4.78, 5) is 26.7. The van der Waals surface area contributed by atoms with E-state index in [1.807, 2.05) is 24.4 Å². The van der Waals surface area contributed by atoms with Crippen LogP contribution in [0, 0.1) is 0 Å². The van der Waals surface area contributed by atoms with Crippen molar-refractivity contribution in [2.24, 2.45) is 0 Å². The molecule has 0 atom stereocenters. The van der Waals surface area contributed by atoms with Crippen LogP contribution in [0.5, 0.6) is 0 Å². The minimum absolute atomic E-state index is 0.0364. The summed E-state index contributed by atoms with van der Waals surface area (Å²) in [6.07, 6.45) is 4.07. The maximum Gasteiger partial charge on any atom is 0.337 e. The van der Waals surface area contributed by atoms with Gasteiger partial charge in [-0.15, -0.1) is 0 Å². The molecule has 0 spiro atoms. The van der Waals surface area contributed by atoms with Gasteiger partial charge in [0.1, 0.15) is 0 Å². The predicted molar refractivity (Wildman–Crippen MR) is 97.6 cm³/mol. The highest BCUT2D eigenvalue weighted by Gasteiger charge is 2.08. The lowest BCUT2D eigenvalue weighted by molar-refractivity contribution is -0.116. The Bertz CT molecular complexity index is 881. The zero-order valence-electron chi connectivity index (χ0n) is 14.0. The molecule has 0 bridgehead atoms. The number of hydrogen-bond acceptors (Lipinski definition) is 3. The van der Waals surface area contributed by atoms with Crippen molar-refractivity contribution in [1.82, 2.24) is 4.98 Å². The number of carbonyl (C=O) groups is 2. The van der Waals surface area contributed by atoms with Gasteiger partial charge in [0.05, 0.1) is 12.7 Å². The summed E-state index contributed by atoms with van der Waals surface area (Å²) in [5.41, 5.74) is 3.48. The fraction of sp³-hybridized carbons (Fsp3) is 0.200. The van der Waals surface area contributed by atoms with Gasteiger partial charge in [0, 0.05) is 29.2 Å². The van der Waals surface area contributed by atoms with Gasteiger partial charge >= 0.3 is 5.97 Å². The van der Waals surface area contributed by atoms with E-state index in [0.717, 1.165) is 18.4 Å². The predicted octanol–water partition coefficient (Wildman–Crippen LogP) is 3.92. The minimum Gasteiger partial charge on any atom is -0.465 e. The van der Waals surface area contributed by atoms with Crippen LogP contribution in [0.25, 0.3) is 10.9 Å². The van der Waals surface area contributed by atoms with E-state index in [9.17, 15) is 9.59 Å². The lowest BCUT2D eigenvalue weighted by atomic mass is 10.1. The number of nitrogens with one attached hydrogen (secondary N) is 2. The van der Waals surface area contributed by atoms with Crippen molar-refractivity contribution in [3.63, 3.8) is 0 Å². The molecule has 2 N–H and O–H groups in total. The van der Waals surface area contributed by atoms with Gasteiger partial charge in [-0.25, -0.2) is 4.79 Å². The molecule has 0 fully saturated rings. The van der Waals surface area contributed by atoms with Crippen molar-refractivity contribution in [3.05, 3.63) is 65.9 Å². The minimum atomic E-state index is -0.392. The van der Waals surface area contributed by atoms with Crippen LogP contribution in [0.15, 0.2) is 54.7 Å². The smallest absolute Gasteiger partial charge is 0.337 e. The van der Waals surface area contributed by atoms with Crippen molar-refractivity contribution in [1.29, 1.82) is 0 Å². The van der Waals surface area contributed by atoms with Gasteiger partial charge in [0.25, 0.3) is 0 Å². The van der Waals surface area contributed by atoms with Crippen molar-refractivity contribution in [2.75, 3.05) is 12.4 Å². The molecular weight excluding hydrogens is 316 g/mol. The summed E-state index contributed by atoms with van der Waals surface area (Å²) >= 11 is 0. The zero-order valence-corrected chi connectivity index (χ0v) is 14.0. The van der Waals surface area contributed by atoms with Crippen LogP contribution in [-0.2, 0) is 16.0 Å². The largest absolute Gasteiger partial charge is 0.465 e. The number of aromatic nitrogens is 1. The van der Waals surface area contributed by atoms with Gasteiger partial charge in [0.15, 0.2) is 0 Å². The average Bonchev–Trinajstić information content (AvgIpc) is 3.05. The lowest BCUT2D eigenvalue weighted by Crippen LogP contribution is -2.11. The van der Waals surface area contributed by atoms with Crippen LogP contribution < -0.4 is 5.32 Å². The number of para-hydroxylation sites is 1. The normalized spacial score (nSPS) is 10.6. The molecule has 0 unspecified atom stereocenters. The average molecular weight is 336 g/mol. The van der Waals surface area contributed by atoms with E-state index in [1.165, 1.54) is 18.1 Å². The zero-order chi connectivity index (χ0) is 17.6. The summed E-state index contributed by atoms with van der Waals surface area (Å²) in [6, 6.07) is 14.8. The number of anilines is 1. The highest BCUT2D eigenvalue weighted by molar-refractivity contribution is 5.93. The molecule has 25 heavy (non-hydrogen) atoms. The van der Waals surface area contributed by atoms with E-state index < -0.39 is 5.97 Å². The highest BCUT2D eigenvalue weighted by Crippen LogP contribution is 2.19. The molecule has 128 valence electrons. The van der Waals surface area contributed by atoms with Gasteiger partial charge < -0.3 is 15.0 Å². The number of esters is 1. The number of aromatic amines is 1. The van der Waals surface area contributed by atoms with Gasteiger partial charge in [-0.2, -0.15) is 0 Å². The summed E-state index contributed by atoms with van der Waals surface area (Å²) in [5, 5.41) is 4.05. The van der Waals surface area contributed by atoms with Crippen LogP contribution >= 0.6 is 0 Å². The first kappa shape index (κ1) is 16.8. The third-order valence-electron chi connectivity index (χ3n) is 4.11. The van der Waals surface area contributed by atoms with E-state index in [-0.39, 0.29) is 5.91 Å². The molecule has 1 heterocycles. The number of aryl methyl sites for hydroxylation is 1. The second kappa shape index (κ2) is 7.66.